The summed E-state index contributed by atoms with van der Waals surface area (Å²) in [5.74, 6) is 2.82. The monoisotopic (exact) mass is 455 g/mol. The SMILES string of the molecule is CC.CC.COc1ccc(-c2nc(-c3ccc(C)cc3C)nc(-c3ccc(C)cc3C)n2)cc1. The summed E-state index contributed by atoms with van der Waals surface area (Å²) in [6.07, 6.45) is 0. The molecule has 0 atom stereocenters. The van der Waals surface area contributed by atoms with Gasteiger partial charge < -0.3 is 4.74 Å². The molecular weight excluding hydrogens is 418 g/mol. The highest BCUT2D eigenvalue weighted by atomic mass is 16.5. The van der Waals surface area contributed by atoms with E-state index in [4.69, 9.17) is 19.7 Å². The van der Waals surface area contributed by atoms with Crippen molar-refractivity contribution in [2.75, 3.05) is 7.11 Å². The largest absolute Gasteiger partial charge is 0.497 e. The lowest BCUT2D eigenvalue weighted by molar-refractivity contribution is 0.415. The normalized spacial score (nSPS) is 9.91. The zero-order valence-electron chi connectivity index (χ0n) is 22.0. The number of ether oxygens (including phenoxy) is 1. The molecule has 4 rings (SSSR count). The maximum absolute atomic E-state index is 5.29. The number of hydrogen-bond acceptors (Lipinski definition) is 4. The van der Waals surface area contributed by atoms with Crippen LogP contribution in [0.15, 0.2) is 60.7 Å². The molecule has 0 saturated heterocycles. The lowest BCUT2D eigenvalue weighted by Crippen LogP contribution is -2.02. The van der Waals surface area contributed by atoms with Crippen molar-refractivity contribution in [3.05, 3.63) is 82.9 Å². The summed E-state index contributed by atoms with van der Waals surface area (Å²) >= 11 is 0. The lowest BCUT2D eigenvalue weighted by atomic mass is 10.0. The zero-order valence-corrected chi connectivity index (χ0v) is 22.0. The third-order valence-electron chi connectivity index (χ3n) is 5.23. The van der Waals surface area contributed by atoms with E-state index in [2.05, 4.69) is 64.1 Å². The summed E-state index contributed by atoms with van der Waals surface area (Å²) in [6, 6.07) is 20.5. The fraction of sp³-hybridized carbons (Fsp3) is 0.300. The van der Waals surface area contributed by atoms with E-state index in [-0.39, 0.29) is 0 Å². The van der Waals surface area contributed by atoms with Crippen molar-refractivity contribution in [1.82, 2.24) is 15.0 Å². The molecule has 0 radical (unpaired) electrons. The molecule has 4 aromatic rings. The van der Waals surface area contributed by atoms with E-state index in [0.717, 1.165) is 33.6 Å². The van der Waals surface area contributed by atoms with Crippen LogP contribution in [0.25, 0.3) is 34.2 Å². The first-order valence-corrected chi connectivity index (χ1v) is 12.0. The topological polar surface area (TPSA) is 47.9 Å². The Labute approximate surface area is 205 Å². The fourth-order valence-corrected chi connectivity index (χ4v) is 3.61. The second kappa shape index (κ2) is 12.6. The average Bonchev–Trinajstić information content (AvgIpc) is 2.86. The van der Waals surface area contributed by atoms with Crippen molar-refractivity contribution in [2.45, 2.75) is 55.4 Å². The minimum atomic E-state index is 0.651. The fourth-order valence-electron chi connectivity index (χ4n) is 3.61. The number of methoxy groups -OCH3 is 1. The highest BCUT2D eigenvalue weighted by Gasteiger charge is 2.15. The Bertz CT molecular complexity index is 1140. The van der Waals surface area contributed by atoms with Crippen LogP contribution in [0.1, 0.15) is 49.9 Å². The van der Waals surface area contributed by atoms with Gasteiger partial charge in [0.2, 0.25) is 0 Å². The molecule has 1 aromatic heterocycles. The van der Waals surface area contributed by atoms with Crippen molar-refractivity contribution >= 4 is 0 Å². The molecule has 178 valence electrons. The van der Waals surface area contributed by atoms with Gasteiger partial charge in [-0.05, 0) is 63.1 Å². The van der Waals surface area contributed by atoms with Gasteiger partial charge in [0.15, 0.2) is 17.5 Å². The Hall–Kier alpha value is -3.53. The van der Waals surface area contributed by atoms with Crippen molar-refractivity contribution in [3.63, 3.8) is 0 Å². The van der Waals surface area contributed by atoms with E-state index in [1.807, 2.05) is 52.0 Å². The van der Waals surface area contributed by atoms with Crippen LogP contribution in [0.2, 0.25) is 0 Å². The first-order valence-electron chi connectivity index (χ1n) is 12.0. The van der Waals surface area contributed by atoms with Gasteiger partial charge in [-0.15, -0.1) is 0 Å². The van der Waals surface area contributed by atoms with E-state index in [1.165, 1.54) is 11.1 Å². The molecular formula is C30H37N3O. The third kappa shape index (κ3) is 6.28. The molecule has 0 spiro atoms. The van der Waals surface area contributed by atoms with Crippen molar-refractivity contribution in [3.8, 4) is 39.9 Å². The Balaban J connectivity index is 0.000000970. The van der Waals surface area contributed by atoms with E-state index in [0.29, 0.717) is 17.5 Å². The van der Waals surface area contributed by atoms with Gasteiger partial charge in [-0.25, -0.2) is 15.0 Å². The van der Waals surface area contributed by atoms with Crippen LogP contribution in [0.3, 0.4) is 0 Å². The maximum atomic E-state index is 5.29. The molecule has 0 fully saturated rings. The molecule has 4 nitrogen and oxygen atoms in total. The number of hydrogen-bond donors (Lipinski definition) is 0. The number of aryl methyl sites for hydroxylation is 4. The van der Waals surface area contributed by atoms with Crippen molar-refractivity contribution in [2.24, 2.45) is 0 Å². The average molecular weight is 456 g/mol. The van der Waals surface area contributed by atoms with Gasteiger partial charge in [0, 0.05) is 16.7 Å². The van der Waals surface area contributed by atoms with Crippen molar-refractivity contribution < 1.29 is 4.74 Å². The molecule has 34 heavy (non-hydrogen) atoms. The van der Waals surface area contributed by atoms with E-state index < -0.39 is 0 Å². The minimum absolute atomic E-state index is 0.651. The van der Waals surface area contributed by atoms with Gasteiger partial charge in [0.1, 0.15) is 5.75 Å². The number of nitrogens with zero attached hydrogens (tertiary/aromatic N) is 3. The van der Waals surface area contributed by atoms with Crippen LogP contribution in [0, 0.1) is 27.7 Å². The van der Waals surface area contributed by atoms with E-state index in [1.54, 1.807) is 7.11 Å². The molecule has 0 N–H and O–H groups in total. The molecule has 0 saturated carbocycles. The van der Waals surface area contributed by atoms with Gasteiger partial charge in [0.25, 0.3) is 0 Å². The second-order valence-electron chi connectivity index (χ2n) is 7.67. The van der Waals surface area contributed by atoms with Gasteiger partial charge in [-0.3, -0.25) is 0 Å². The van der Waals surface area contributed by atoms with Crippen LogP contribution >= 0.6 is 0 Å². The van der Waals surface area contributed by atoms with Crippen LogP contribution in [0.5, 0.6) is 5.75 Å². The predicted molar refractivity (Wildman–Crippen MR) is 144 cm³/mol. The lowest BCUT2D eigenvalue weighted by Gasteiger charge is -2.12. The predicted octanol–water partition coefficient (Wildman–Crippen LogP) is 8.17. The first kappa shape index (κ1) is 26.7. The van der Waals surface area contributed by atoms with E-state index in [9.17, 15) is 0 Å². The number of aromatic nitrogens is 3. The molecule has 0 unspecified atom stereocenters. The summed E-state index contributed by atoms with van der Waals surface area (Å²) in [6.45, 7) is 16.4. The van der Waals surface area contributed by atoms with Gasteiger partial charge >= 0.3 is 0 Å². The van der Waals surface area contributed by atoms with Crippen LogP contribution in [-0.2, 0) is 0 Å². The van der Waals surface area contributed by atoms with Crippen molar-refractivity contribution in [1.29, 1.82) is 0 Å². The summed E-state index contributed by atoms with van der Waals surface area (Å²) in [5, 5.41) is 0. The summed E-state index contributed by atoms with van der Waals surface area (Å²) in [4.78, 5) is 14.5. The zero-order chi connectivity index (χ0) is 25.3. The van der Waals surface area contributed by atoms with Crippen LogP contribution < -0.4 is 4.74 Å². The molecule has 0 aliphatic rings. The smallest absolute Gasteiger partial charge is 0.164 e. The Morgan fingerprint density at radius 1 is 0.529 bits per heavy atom. The number of rotatable bonds is 4. The molecule has 0 bridgehead atoms. The Morgan fingerprint density at radius 2 is 0.941 bits per heavy atom. The summed E-state index contributed by atoms with van der Waals surface area (Å²) in [5.41, 5.74) is 7.69. The molecule has 0 amide bonds. The summed E-state index contributed by atoms with van der Waals surface area (Å²) < 4.78 is 5.29. The van der Waals surface area contributed by atoms with Gasteiger partial charge in [-0.1, -0.05) is 75.2 Å². The molecule has 0 aliphatic carbocycles. The molecule has 1 heterocycles. The van der Waals surface area contributed by atoms with Crippen LogP contribution in [-0.4, -0.2) is 22.1 Å². The molecule has 0 aliphatic heterocycles. The summed E-state index contributed by atoms with van der Waals surface area (Å²) in [7, 11) is 1.66. The van der Waals surface area contributed by atoms with E-state index >= 15 is 0 Å². The molecule has 4 heteroatoms. The standard InChI is InChI=1S/C26H25N3O.2C2H6/c1-16-6-12-22(18(3)14-16)25-27-24(20-8-10-21(30-5)11-9-20)28-26(29-25)23-13-7-17(2)15-19(23)4;2*1-2/h6-15H,1-5H3;2*1-2H3. The third-order valence-corrected chi connectivity index (χ3v) is 5.23. The minimum Gasteiger partial charge on any atom is -0.497 e. The maximum Gasteiger partial charge on any atom is 0.164 e. The van der Waals surface area contributed by atoms with Gasteiger partial charge in [-0.2, -0.15) is 0 Å². The van der Waals surface area contributed by atoms with Gasteiger partial charge in [0.05, 0.1) is 7.11 Å². The first-order chi connectivity index (χ1) is 16.4. The molecule has 3 aromatic carbocycles. The highest BCUT2D eigenvalue weighted by Crippen LogP contribution is 2.29. The van der Waals surface area contributed by atoms with Crippen LogP contribution in [0.4, 0.5) is 0 Å². The Kier molecular flexibility index (Phi) is 9.93. The Morgan fingerprint density at radius 3 is 1.32 bits per heavy atom. The number of benzene rings is 3. The quantitative estimate of drug-likeness (QED) is 0.311. The second-order valence-corrected chi connectivity index (χ2v) is 7.67. The highest BCUT2D eigenvalue weighted by molar-refractivity contribution is 5.69.